The molecule has 4 heteroatoms. The van der Waals surface area contributed by atoms with Gasteiger partial charge in [0.15, 0.2) is 0 Å². The third-order valence-corrected chi connectivity index (χ3v) is 1.92. The molecule has 1 aliphatic heterocycles. The normalized spacial score (nSPS) is 18.7. The molecule has 0 aromatic heterocycles. The van der Waals surface area contributed by atoms with Crippen LogP contribution in [0.5, 0.6) is 0 Å². The molecule has 1 aliphatic rings. The van der Waals surface area contributed by atoms with E-state index in [1.165, 1.54) is 0 Å². The number of ether oxygens (including phenoxy) is 1. The highest BCUT2D eigenvalue weighted by Crippen LogP contribution is 2.07. The lowest BCUT2D eigenvalue weighted by atomic mass is 10.3. The fraction of sp³-hybridized carbons (Fsp3) is 0.300. The van der Waals surface area contributed by atoms with Crippen molar-refractivity contribution < 1.29 is 9.53 Å². The van der Waals surface area contributed by atoms with Crippen molar-refractivity contribution in [2.45, 2.75) is 6.10 Å². The van der Waals surface area contributed by atoms with Crippen LogP contribution in [-0.2, 0) is 4.74 Å². The average Bonchev–Trinajstić information content (AvgIpc) is 3.00. The van der Waals surface area contributed by atoms with Crippen LogP contribution in [0.25, 0.3) is 0 Å². The van der Waals surface area contributed by atoms with Gasteiger partial charge in [-0.25, -0.2) is 4.79 Å². The third-order valence-electron chi connectivity index (χ3n) is 1.92. The van der Waals surface area contributed by atoms with Crippen LogP contribution in [0.4, 0.5) is 10.5 Å². The summed E-state index contributed by atoms with van der Waals surface area (Å²) < 4.78 is 4.97. The van der Waals surface area contributed by atoms with E-state index >= 15 is 0 Å². The summed E-state index contributed by atoms with van der Waals surface area (Å²) in [5.74, 6) is 0. The molecule has 0 aliphatic carbocycles. The molecule has 1 fully saturated rings. The van der Waals surface area contributed by atoms with Crippen molar-refractivity contribution in [3.8, 4) is 0 Å². The van der Waals surface area contributed by atoms with Gasteiger partial charge in [-0.15, -0.1) is 0 Å². The van der Waals surface area contributed by atoms with Crippen LogP contribution >= 0.6 is 0 Å². The lowest BCUT2D eigenvalue weighted by Crippen LogP contribution is -2.31. The number of carbonyl (C=O) groups excluding carboxylic acids is 1. The number of benzene rings is 1. The highest BCUT2D eigenvalue weighted by atomic mass is 16.6. The first-order valence-corrected chi connectivity index (χ1v) is 4.56. The van der Waals surface area contributed by atoms with E-state index in [-0.39, 0.29) is 12.1 Å². The number of nitrogens with one attached hydrogen (secondary N) is 2. The molecule has 0 saturated carbocycles. The summed E-state index contributed by atoms with van der Waals surface area (Å²) >= 11 is 0. The molecule has 2 rings (SSSR count). The van der Waals surface area contributed by atoms with E-state index < -0.39 is 0 Å². The number of carbonyl (C=O) groups is 1. The molecule has 0 spiro atoms. The number of para-hydroxylation sites is 1. The monoisotopic (exact) mass is 192 g/mol. The van der Waals surface area contributed by atoms with Gasteiger partial charge in [-0.2, -0.15) is 0 Å². The number of urea groups is 1. The largest absolute Gasteiger partial charge is 0.371 e. The first-order valence-electron chi connectivity index (χ1n) is 4.56. The smallest absolute Gasteiger partial charge is 0.319 e. The zero-order chi connectivity index (χ0) is 9.80. The lowest BCUT2D eigenvalue weighted by Gasteiger charge is -2.05. The highest BCUT2D eigenvalue weighted by molar-refractivity contribution is 5.89. The first-order chi connectivity index (χ1) is 6.84. The molecule has 1 heterocycles. The Morgan fingerprint density at radius 2 is 2.14 bits per heavy atom. The zero-order valence-corrected chi connectivity index (χ0v) is 7.69. The summed E-state index contributed by atoms with van der Waals surface area (Å²) in [6.45, 7) is 1.34. The zero-order valence-electron chi connectivity index (χ0n) is 7.69. The number of amides is 2. The van der Waals surface area contributed by atoms with E-state index in [1.54, 1.807) is 0 Å². The molecule has 4 nitrogen and oxygen atoms in total. The van der Waals surface area contributed by atoms with Gasteiger partial charge in [0.2, 0.25) is 0 Å². The standard InChI is InChI=1S/C10H12N2O2/c13-10(11-6-9-7-14-9)12-8-4-2-1-3-5-8/h1-5,9H,6-7H2,(H2,11,12,13). The Balaban J connectivity index is 1.76. The van der Waals surface area contributed by atoms with Gasteiger partial charge in [0.05, 0.1) is 12.7 Å². The van der Waals surface area contributed by atoms with Crippen molar-refractivity contribution in [1.29, 1.82) is 0 Å². The number of hydrogen-bond donors (Lipinski definition) is 2. The van der Waals surface area contributed by atoms with Gasteiger partial charge < -0.3 is 15.4 Å². The predicted octanol–water partition coefficient (Wildman–Crippen LogP) is 1.21. The van der Waals surface area contributed by atoms with Gasteiger partial charge in [0.1, 0.15) is 0 Å². The van der Waals surface area contributed by atoms with E-state index in [9.17, 15) is 4.79 Å². The maximum absolute atomic E-state index is 11.3. The maximum Gasteiger partial charge on any atom is 0.319 e. The van der Waals surface area contributed by atoms with Gasteiger partial charge >= 0.3 is 6.03 Å². The van der Waals surface area contributed by atoms with Gasteiger partial charge in [-0.05, 0) is 12.1 Å². The summed E-state index contributed by atoms with van der Waals surface area (Å²) in [5, 5.41) is 5.44. The topological polar surface area (TPSA) is 53.7 Å². The molecule has 1 aromatic rings. The second-order valence-electron chi connectivity index (χ2n) is 3.16. The molecule has 1 aromatic carbocycles. The minimum atomic E-state index is -0.188. The predicted molar refractivity (Wildman–Crippen MR) is 53.2 cm³/mol. The van der Waals surface area contributed by atoms with E-state index in [0.717, 1.165) is 12.3 Å². The molecule has 2 N–H and O–H groups in total. The van der Waals surface area contributed by atoms with Crippen LogP contribution < -0.4 is 10.6 Å². The molecule has 1 unspecified atom stereocenters. The molecular weight excluding hydrogens is 180 g/mol. The fourth-order valence-electron chi connectivity index (χ4n) is 1.09. The molecule has 1 atom stereocenters. The van der Waals surface area contributed by atoms with Crippen molar-refractivity contribution in [3.63, 3.8) is 0 Å². The highest BCUT2D eigenvalue weighted by Gasteiger charge is 2.22. The summed E-state index contributed by atoms with van der Waals surface area (Å²) in [4.78, 5) is 11.3. The van der Waals surface area contributed by atoms with Crippen LogP contribution in [0, 0.1) is 0 Å². The summed E-state index contributed by atoms with van der Waals surface area (Å²) in [6.07, 6.45) is 0.219. The van der Waals surface area contributed by atoms with E-state index in [4.69, 9.17) is 4.74 Å². The Labute approximate surface area is 82.3 Å². The quantitative estimate of drug-likeness (QED) is 0.707. The molecule has 74 valence electrons. The Hall–Kier alpha value is -1.55. The average molecular weight is 192 g/mol. The summed E-state index contributed by atoms with van der Waals surface area (Å²) in [5.41, 5.74) is 0.793. The fourth-order valence-corrected chi connectivity index (χ4v) is 1.09. The second-order valence-corrected chi connectivity index (χ2v) is 3.16. The summed E-state index contributed by atoms with van der Waals surface area (Å²) in [6, 6.07) is 9.15. The van der Waals surface area contributed by atoms with Crippen LogP contribution in [0.15, 0.2) is 30.3 Å². The number of rotatable bonds is 3. The molecule has 1 saturated heterocycles. The van der Waals surface area contributed by atoms with E-state index in [2.05, 4.69) is 10.6 Å². The first kappa shape index (κ1) is 9.02. The van der Waals surface area contributed by atoms with Crippen LogP contribution in [-0.4, -0.2) is 25.3 Å². The van der Waals surface area contributed by atoms with Crippen molar-refractivity contribution in [3.05, 3.63) is 30.3 Å². The lowest BCUT2D eigenvalue weighted by molar-refractivity contribution is 0.250. The SMILES string of the molecule is O=C(NCC1CO1)Nc1ccccc1. The van der Waals surface area contributed by atoms with Gasteiger partial charge in [0.25, 0.3) is 0 Å². The molecular formula is C10H12N2O2. The van der Waals surface area contributed by atoms with Crippen LogP contribution in [0.1, 0.15) is 0 Å². The van der Waals surface area contributed by atoms with Crippen molar-refractivity contribution >= 4 is 11.7 Å². The maximum atomic E-state index is 11.3. The summed E-state index contributed by atoms with van der Waals surface area (Å²) in [7, 11) is 0. The van der Waals surface area contributed by atoms with Gasteiger partial charge in [0, 0.05) is 12.2 Å². The number of epoxide rings is 1. The van der Waals surface area contributed by atoms with Crippen LogP contribution in [0.3, 0.4) is 0 Å². The van der Waals surface area contributed by atoms with Gasteiger partial charge in [-0.3, -0.25) is 0 Å². The van der Waals surface area contributed by atoms with Crippen molar-refractivity contribution in [2.75, 3.05) is 18.5 Å². The molecule has 2 amide bonds. The van der Waals surface area contributed by atoms with E-state index in [1.807, 2.05) is 30.3 Å². The third kappa shape index (κ3) is 2.74. The Morgan fingerprint density at radius 3 is 2.79 bits per heavy atom. The minimum Gasteiger partial charge on any atom is -0.371 e. The second kappa shape index (κ2) is 4.11. The van der Waals surface area contributed by atoms with Gasteiger partial charge in [-0.1, -0.05) is 18.2 Å². The number of hydrogen-bond acceptors (Lipinski definition) is 2. The van der Waals surface area contributed by atoms with Crippen molar-refractivity contribution in [1.82, 2.24) is 5.32 Å². The Bertz CT molecular complexity index is 309. The number of anilines is 1. The Kier molecular flexibility index (Phi) is 2.65. The Morgan fingerprint density at radius 1 is 1.43 bits per heavy atom. The van der Waals surface area contributed by atoms with E-state index in [0.29, 0.717) is 6.54 Å². The molecule has 0 bridgehead atoms. The van der Waals surface area contributed by atoms with Crippen molar-refractivity contribution in [2.24, 2.45) is 0 Å². The minimum absolute atomic E-state index is 0.188. The molecule has 0 radical (unpaired) electrons. The molecule has 14 heavy (non-hydrogen) atoms. The van der Waals surface area contributed by atoms with Crippen LogP contribution in [0.2, 0.25) is 0 Å².